The fourth-order valence-electron chi connectivity index (χ4n) is 2.75. The van der Waals surface area contributed by atoms with Crippen LogP contribution in [-0.4, -0.2) is 32.1 Å². The number of ether oxygens (including phenoxy) is 1. The minimum Gasteiger partial charge on any atom is -0.381 e. The smallest absolute Gasteiger partial charge is 0.0471 e. The lowest BCUT2D eigenvalue weighted by atomic mass is 9.78. The molecule has 2 nitrogen and oxygen atoms in total. The van der Waals surface area contributed by atoms with Crippen molar-refractivity contribution in [2.75, 3.05) is 32.1 Å². The Bertz CT molecular complexity index is 363. The lowest BCUT2D eigenvalue weighted by Gasteiger charge is -2.37. The van der Waals surface area contributed by atoms with Gasteiger partial charge in [-0.25, -0.2) is 0 Å². The molecule has 0 amide bonds. The van der Waals surface area contributed by atoms with E-state index >= 15 is 0 Å². The largest absolute Gasteiger partial charge is 0.381 e. The van der Waals surface area contributed by atoms with Crippen LogP contribution in [0.2, 0.25) is 0 Å². The first-order valence-electron chi connectivity index (χ1n) is 7.81. The fraction of sp³-hybridized carbons (Fsp3) is 0.647. The summed E-state index contributed by atoms with van der Waals surface area (Å²) in [5.41, 5.74) is 0.454. The lowest BCUT2D eigenvalue weighted by Crippen LogP contribution is -2.39. The van der Waals surface area contributed by atoms with Gasteiger partial charge in [-0.05, 0) is 55.5 Å². The van der Waals surface area contributed by atoms with Gasteiger partial charge in [0.25, 0.3) is 0 Å². The SMILES string of the molecule is CCCNCC1(CCSc2ccccc2)CCOCC1. The summed E-state index contributed by atoms with van der Waals surface area (Å²) in [6.07, 6.45) is 4.91. The molecule has 1 saturated heterocycles. The first kappa shape index (κ1) is 15.9. The molecule has 0 atom stereocenters. The summed E-state index contributed by atoms with van der Waals surface area (Å²) < 4.78 is 5.56. The van der Waals surface area contributed by atoms with E-state index in [-0.39, 0.29) is 0 Å². The highest BCUT2D eigenvalue weighted by molar-refractivity contribution is 7.99. The third-order valence-corrected chi connectivity index (χ3v) is 5.14. The van der Waals surface area contributed by atoms with Crippen molar-refractivity contribution in [3.63, 3.8) is 0 Å². The molecule has 112 valence electrons. The van der Waals surface area contributed by atoms with Gasteiger partial charge in [0, 0.05) is 24.7 Å². The molecule has 1 heterocycles. The normalized spacial score (nSPS) is 18.1. The minimum atomic E-state index is 0.454. The third kappa shape index (κ3) is 5.12. The van der Waals surface area contributed by atoms with Crippen molar-refractivity contribution in [2.45, 2.75) is 37.5 Å². The molecule has 20 heavy (non-hydrogen) atoms. The van der Waals surface area contributed by atoms with Crippen molar-refractivity contribution in [1.29, 1.82) is 0 Å². The molecule has 1 aromatic rings. The van der Waals surface area contributed by atoms with Crippen LogP contribution in [0.15, 0.2) is 35.2 Å². The lowest BCUT2D eigenvalue weighted by molar-refractivity contribution is 0.0135. The van der Waals surface area contributed by atoms with E-state index in [1.807, 2.05) is 11.8 Å². The predicted molar refractivity (Wildman–Crippen MR) is 87.4 cm³/mol. The van der Waals surface area contributed by atoms with Gasteiger partial charge < -0.3 is 10.1 Å². The Labute approximate surface area is 127 Å². The maximum absolute atomic E-state index is 5.56. The van der Waals surface area contributed by atoms with Crippen LogP contribution in [-0.2, 0) is 4.74 Å². The van der Waals surface area contributed by atoms with Crippen molar-refractivity contribution in [2.24, 2.45) is 5.41 Å². The molecule has 0 aliphatic carbocycles. The van der Waals surface area contributed by atoms with Gasteiger partial charge in [0.2, 0.25) is 0 Å². The van der Waals surface area contributed by atoms with E-state index in [0.717, 1.165) is 26.3 Å². The van der Waals surface area contributed by atoms with Crippen LogP contribution >= 0.6 is 11.8 Å². The zero-order valence-electron chi connectivity index (χ0n) is 12.6. The van der Waals surface area contributed by atoms with E-state index in [0.29, 0.717) is 5.41 Å². The number of thioether (sulfide) groups is 1. The standard InChI is InChI=1S/C17H27NOS/c1-2-11-18-15-17(8-12-19-13-9-17)10-14-20-16-6-4-3-5-7-16/h3-7,18H,2,8-15H2,1H3. The van der Waals surface area contributed by atoms with Crippen LogP contribution in [0.3, 0.4) is 0 Å². The summed E-state index contributed by atoms with van der Waals surface area (Å²) >= 11 is 1.98. The van der Waals surface area contributed by atoms with Gasteiger partial charge in [0.1, 0.15) is 0 Å². The molecular weight excluding hydrogens is 266 g/mol. The molecule has 0 radical (unpaired) electrons. The van der Waals surface area contributed by atoms with Crippen molar-refractivity contribution >= 4 is 11.8 Å². The van der Waals surface area contributed by atoms with Crippen LogP contribution in [0.1, 0.15) is 32.6 Å². The van der Waals surface area contributed by atoms with Crippen LogP contribution in [0, 0.1) is 5.41 Å². The van der Waals surface area contributed by atoms with Crippen molar-refractivity contribution in [3.05, 3.63) is 30.3 Å². The molecule has 1 aromatic carbocycles. The van der Waals surface area contributed by atoms with E-state index in [4.69, 9.17) is 4.74 Å². The van der Waals surface area contributed by atoms with Gasteiger partial charge in [0.15, 0.2) is 0 Å². The van der Waals surface area contributed by atoms with E-state index in [9.17, 15) is 0 Å². The summed E-state index contributed by atoms with van der Waals surface area (Å²) in [5.74, 6) is 1.21. The Hall–Kier alpha value is -0.510. The number of hydrogen-bond donors (Lipinski definition) is 1. The molecule has 1 fully saturated rings. The second-order valence-electron chi connectivity index (χ2n) is 5.70. The van der Waals surface area contributed by atoms with Gasteiger partial charge >= 0.3 is 0 Å². The molecule has 1 aliphatic rings. The topological polar surface area (TPSA) is 21.3 Å². The Morgan fingerprint density at radius 3 is 2.65 bits per heavy atom. The number of rotatable bonds is 8. The molecule has 3 heteroatoms. The second-order valence-corrected chi connectivity index (χ2v) is 6.87. The first-order valence-corrected chi connectivity index (χ1v) is 8.79. The van der Waals surface area contributed by atoms with Gasteiger partial charge in [0.05, 0.1) is 0 Å². The Morgan fingerprint density at radius 1 is 1.20 bits per heavy atom. The fourth-order valence-corrected chi connectivity index (χ4v) is 3.87. The quantitative estimate of drug-likeness (QED) is 0.579. The van der Waals surface area contributed by atoms with Crippen LogP contribution in [0.4, 0.5) is 0 Å². The summed E-state index contributed by atoms with van der Waals surface area (Å²) in [5, 5.41) is 3.63. The summed E-state index contributed by atoms with van der Waals surface area (Å²) in [7, 11) is 0. The van der Waals surface area contributed by atoms with Crippen molar-refractivity contribution < 1.29 is 4.74 Å². The van der Waals surface area contributed by atoms with Gasteiger partial charge in [-0.3, -0.25) is 0 Å². The molecular formula is C17H27NOS. The molecule has 2 rings (SSSR count). The first-order chi connectivity index (χ1) is 9.85. The van der Waals surface area contributed by atoms with Gasteiger partial charge in [-0.2, -0.15) is 0 Å². The Morgan fingerprint density at radius 2 is 1.95 bits per heavy atom. The van der Waals surface area contributed by atoms with E-state index in [1.165, 1.54) is 36.3 Å². The average molecular weight is 293 g/mol. The third-order valence-electron chi connectivity index (χ3n) is 4.12. The highest BCUT2D eigenvalue weighted by Gasteiger charge is 2.31. The predicted octanol–water partition coefficient (Wildman–Crippen LogP) is 3.97. The second kappa shape index (κ2) is 8.71. The maximum atomic E-state index is 5.56. The molecule has 1 N–H and O–H groups in total. The van der Waals surface area contributed by atoms with E-state index in [1.54, 1.807) is 0 Å². The van der Waals surface area contributed by atoms with Gasteiger partial charge in [-0.1, -0.05) is 25.1 Å². The molecule has 0 spiro atoms. The molecule has 0 saturated carbocycles. The van der Waals surface area contributed by atoms with Gasteiger partial charge in [-0.15, -0.1) is 11.8 Å². The summed E-state index contributed by atoms with van der Waals surface area (Å²) in [6, 6.07) is 10.7. The number of hydrogen-bond acceptors (Lipinski definition) is 3. The average Bonchev–Trinajstić information content (AvgIpc) is 2.50. The van der Waals surface area contributed by atoms with Crippen LogP contribution in [0.25, 0.3) is 0 Å². The molecule has 0 unspecified atom stereocenters. The minimum absolute atomic E-state index is 0.454. The van der Waals surface area contributed by atoms with Crippen molar-refractivity contribution in [1.82, 2.24) is 5.32 Å². The zero-order chi connectivity index (χ0) is 14.1. The Balaban J connectivity index is 1.80. The summed E-state index contributed by atoms with van der Waals surface area (Å²) in [4.78, 5) is 1.39. The molecule has 1 aliphatic heterocycles. The summed E-state index contributed by atoms with van der Waals surface area (Å²) in [6.45, 7) is 6.39. The van der Waals surface area contributed by atoms with E-state index in [2.05, 4.69) is 42.6 Å². The Kier molecular flexibility index (Phi) is 6.91. The monoisotopic (exact) mass is 293 g/mol. The van der Waals surface area contributed by atoms with Crippen molar-refractivity contribution in [3.8, 4) is 0 Å². The molecule has 0 aromatic heterocycles. The zero-order valence-corrected chi connectivity index (χ0v) is 13.4. The number of nitrogens with one attached hydrogen (secondary N) is 1. The molecule has 0 bridgehead atoms. The highest BCUT2D eigenvalue weighted by atomic mass is 32.2. The van der Waals surface area contributed by atoms with Crippen LogP contribution < -0.4 is 5.32 Å². The maximum Gasteiger partial charge on any atom is 0.0471 e. The highest BCUT2D eigenvalue weighted by Crippen LogP contribution is 2.35. The number of benzene rings is 1. The van der Waals surface area contributed by atoms with Crippen LogP contribution in [0.5, 0.6) is 0 Å². The van der Waals surface area contributed by atoms with E-state index < -0.39 is 0 Å².